The Labute approximate surface area is 195 Å². The van der Waals surface area contributed by atoms with E-state index < -0.39 is 39.1 Å². The average Bonchev–Trinajstić information content (AvgIpc) is 3.27. The minimum absolute atomic E-state index is 0.0852. The van der Waals surface area contributed by atoms with Crippen molar-refractivity contribution in [1.82, 2.24) is 0 Å². The van der Waals surface area contributed by atoms with E-state index in [4.69, 9.17) is 4.74 Å². The molecule has 1 aliphatic rings. The first kappa shape index (κ1) is 22.9. The highest BCUT2D eigenvalue weighted by molar-refractivity contribution is 7.92. The van der Waals surface area contributed by atoms with Crippen LogP contribution in [0.4, 0.5) is 17.1 Å². The van der Waals surface area contributed by atoms with Crippen molar-refractivity contribution in [3.63, 3.8) is 0 Å². The molecule has 3 aromatic rings. The molecular formula is C23H19N3O7S. The molecule has 11 heteroatoms. The summed E-state index contributed by atoms with van der Waals surface area (Å²) in [5.41, 5.74) is 1.22. The summed E-state index contributed by atoms with van der Waals surface area (Å²) >= 11 is 0. The molecule has 1 aliphatic heterocycles. The third-order valence-corrected chi connectivity index (χ3v) is 6.61. The fraction of sp³-hybridized carbons (Fsp3) is 0.130. The Morgan fingerprint density at radius 1 is 1.03 bits per heavy atom. The number of non-ortho nitro benzene ring substituents is 1. The summed E-state index contributed by atoms with van der Waals surface area (Å²) in [5.74, 6) is -1.29. The summed E-state index contributed by atoms with van der Waals surface area (Å²) in [4.78, 5) is 36.8. The van der Waals surface area contributed by atoms with Crippen molar-refractivity contribution >= 4 is 39.0 Å². The summed E-state index contributed by atoms with van der Waals surface area (Å²) in [6.45, 7) is -0.0333. The Bertz CT molecular complexity index is 1390. The number of para-hydroxylation sites is 2. The number of carbonyl (C=O) groups excluding carboxylic acids is 2. The van der Waals surface area contributed by atoms with Crippen molar-refractivity contribution < 1.29 is 27.7 Å². The van der Waals surface area contributed by atoms with Crippen LogP contribution in [0, 0.1) is 10.1 Å². The number of fused-ring (bicyclic) bond motifs is 1. The van der Waals surface area contributed by atoms with Gasteiger partial charge in [-0.2, -0.15) is 0 Å². The van der Waals surface area contributed by atoms with Crippen LogP contribution in [0.1, 0.15) is 15.9 Å². The molecule has 0 aromatic heterocycles. The van der Waals surface area contributed by atoms with Gasteiger partial charge in [0.05, 0.1) is 21.1 Å². The molecule has 0 unspecified atom stereocenters. The quantitative estimate of drug-likeness (QED) is 0.311. The van der Waals surface area contributed by atoms with Crippen LogP contribution in [-0.2, 0) is 26.0 Å². The van der Waals surface area contributed by atoms with E-state index in [0.717, 1.165) is 17.3 Å². The Hall–Kier alpha value is -4.25. The number of amides is 1. The molecule has 174 valence electrons. The number of hydrogen-bond acceptors (Lipinski definition) is 7. The lowest BCUT2D eigenvalue weighted by Gasteiger charge is -2.17. The van der Waals surface area contributed by atoms with E-state index in [0.29, 0.717) is 13.0 Å². The van der Waals surface area contributed by atoms with Gasteiger partial charge in [0, 0.05) is 24.4 Å². The third kappa shape index (κ3) is 4.74. The van der Waals surface area contributed by atoms with Crippen LogP contribution in [0.25, 0.3) is 0 Å². The van der Waals surface area contributed by atoms with Gasteiger partial charge in [-0.05, 0) is 36.2 Å². The van der Waals surface area contributed by atoms with E-state index in [9.17, 15) is 28.1 Å². The van der Waals surface area contributed by atoms with E-state index in [1.165, 1.54) is 42.5 Å². The van der Waals surface area contributed by atoms with E-state index in [-0.39, 0.29) is 16.1 Å². The maximum absolute atomic E-state index is 12.8. The predicted molar refractivity (Wildman–Crippen MR) is 123 cm³/mol. The molecule has 0 spiro atoms. The van der Waals surface area contributed by atoms with Crippen LogP contribution >= 0.6 is 0 Å². The van der Waals surface area contributed by atoms with E-state index in [1.54, 1.807) is 4.90 Å². The van der Waals surface area contributed by atoms with Crippen molar-refractivity contribution in [2.45, 2.75) is 11.3 Å². The number of nitrogens with one attached hydrogen (secondary N) is 1. The van der Waals surface area contributed by atoms with Crippen molar-refractivity contribution in [2.24, 2.45) is 0 Å². The lowest BCUT2D eigenvalue weighted by atomic mass is 10.2. The standard InChI is InChI=1S/C23H19N3O7S/c27-22(25-13-12-16-6-1-4-11-21(16)25)15-33-23(28)19-9-2-3-10-20(19)24-34(31,32)18-8-5-7-17(14-18)26(29)30/h1-11,14,24H,12-13,15H2. The maximum atomic E-state index is 12.8. The van der Waals surface area contributed by atoms with Crippen LogP contribution in [0.2, 0.25) is 0 Å². The van der Waals surface area contributed by atoms with Gasteiger partial charge >= 0.3 is 5.97 Å². The highest BCUT2D eigenvalue weighted by atomic mass is 32.2. The van der Waals surface area contributed by atoms with Crippen molar-refractivity contribution in [2.75, 3.05) is 22.8 Å². The number of anilines is 2. The number of nitro benzene ring substituents is 1. The summed E-state index contributed by atoms with van der Waals surface area (Å²) in [6.07, 6.45) is 0.706. The number of nitrogens with zero attached hydrogens (tertiary/aromatic N) is 2. The molecule has 34 heavy (non-hydrogen) atoms. The highest BCUT2D eigenvalue weighted by Crippen LogP contribution is 2.28. The fourth-order valence-corrected chi connectivity index (χ4v) is 4.72. The zero-order valence-corrected chi connectivity index (χ0v) is 18.5. The van der Waals surface area contributed by atoms with Gasteiger partial charge in [0.15, 0.2) is 6.61 Å². The van der Waals surface area contributed by atoms with Gasteiger partial charge in [-0.3, -0.25) is 19.6 Å². The van der Waals surface area contributed by atoms with Crippen molar-refractivity contribution in [3.8, 4) is 0 Å². The summed E-state index contributed by atoms with van der Waals surface area (Å²) in [5, 5.41) is 11.0. The van der Waals surface area contributed by atoms with E-state index in [1.807, 2.05) is 24.3 Å². The van der Waals surface area contributed by atoms with Crippen LogP contribution in [0.15, 0.2) is 77.7 Å². The Morgan fingerprint density at radius 2 is 1.76 bits per heavy atom. The molecule has 1 amide bonds. The van der Waals surface area contributed by atoms with Crippen LogP contribution in [0.3, 0.4) is 0 Å². The largest absolute Gasteiger partial charge is 0.452 e. The minimum atomic E-state index is -4.24. The number of rotatable bonds is 7. The number of sulfonamides is 1. The number of nitro groups is 1. The maximum Gasteiger partial charge on any atom is 0.340 e. The fourth-order valence-electron chi connectivity index (χ4n) is 3.60. The van der Waals surface area contributed by atoms with E-state index >= 15 is 0 Å². The Balaban J connectivity index is 1.48. The predicted octanol–water partition coefficient (Wildman–Crippen LogP) is 3.14. The van der Waals surface area contributed by atoms with Crippen molar-refractivity contribution in [1.29, 1.82) is 0 Å². The SMILES string of the molecule is O=C(OCC(=O)N1CCc2ccccc21)c1ccccc1NS(=O)(=O)c1cccc([N+](=O)[O-])c1. The molecule has 0 aliphatic carbocycles. The van der Waals surface area contributed by atoms with Gasteiger partial charge in [-0.15, -0.1) is 0 Å². The van der Waals surface area contributed by atoms with Crippen molar-refractivity contribution in [3.05, 3.63) is 94.0 Å². The molecule has 3 aromatic carbocycles. The van der Waals surface area contributed by atoms with Crippen LogP contribution < -0.4 is 9.62 Å². The van der Waals surface area contributed by atoms with Gasteiger partial charge in [-0.1, -0.05) is 36.4 Å². The van der Waals surface area contributed by atoms with Gasteiger partial charge < -0.3 is 9.64 Å². The second kappa shape index (κ2) is 9.32. The lowest BCUT2D eigenvalue weighted by molar-refractivity contribution is -0.385. The first-order valence-electron chi connectivity index (χ1n) is 10.2. The molecule has 0 radical (unpaired) electrons. The Kier molecular flexibility index (Phi) is 6.28. The molecule has 0 atom stereocenters. The zero-order chi connectivity index (χ0) is 24.3. The molecule has 0 saturated heterocycles. The van der Waals surface area contributed by atoms with Gasteiger partial charge in [0.25, 0.3) is 21.6 Å². The van der Waals surface area contributed by atoms with Gasteiger partial charge in [-0.25, -0.2) is 13.2 Å². The lowest BCUT2D eigenvalue weighted by Crippen LogP contribution is -2.33. The normalized spacial score (nSPS) is 12.6. The summed E-state index contributed by atoms with van der Waals surface area (Å²) < 4.78 is 33.0. The van der Waals surface area contributed by atoms with Crippen LogP contribution in [-0.4, -0.2) is 38.4 Å². The third-order valence-electron chi connectivity index (χ3n) is 5.24. The molecule has 0 saturated carbocycles. The molecule has 0 fully saturated rings. The minimum Gasteiger partial charge on any atom is -0.452 e. The average molecular weight is 481 g/mol. The van der Waals surface area contributed by atoms with Crippen LogP contribution in [0.5, 0.6) is 0 Å². The molecule has 0 bridgehead atoms. The molecule has 4 rings (SSSR count). The first-order valence-corrected chi connectivity index (χ1v) is 11.7. The second-order valence-electron chi connectivity index (χ2n) is 7.41. The molecular weight excluding hydrogens is 462 g/mol. The molecule has 1 heterocycles. The number of esters is 1. The number of ether oxygens (including phenoxy) is 1. The van der Waals surface area contributed by atoms with E-state index in [2.05, 4.69) is 4.72 Å². The Morgan fingerprint density at radius 3 is 2.56 bits per heavy atom. The first-order chi connectivity index (χ1) is 16.3. The zero-order valence-electron chi connectivity index (χ0n) is 17.7. The molecule has 10 nitrogen and oxygen atoms in total. The monoisotopic (exact) mass is 481 g/mol. The van der Waals surface area contributed by atoms with Gasteiger partial charge in [0.1, 0.15) is 0 Å². The smallest absolute Gasteiger partial charge is 0.340 e. The molecule has 1 N–H and O–H groups in total. The number of hydrogen-bond donors (Lipinski definition) is 1. The summed E-state index contributed by atoms with van der Waals surface area (Å²) in [7, 11) is -4.24. The summed E-state index contributed by atoms with van der Waals surface area (Å²) in [6, 6.07) is 17.7. The van der Waals surface area contributed by atoms with Gasteiger partial charge in [0.2, 0.25) is 0 Å². The number of benzene rings is 3. The second-order valence-corrected chi connectivity index (χ2v) is 9.09. The number of carbonyl (C=O) groups is 2. The topological polar surface area (TPSA) is 136 Å². The highest BCUT2D eigenvalue weighted by Gasteiger charge is 2.26.